The Balaban J connectivity index is 2.01. The largest absolute Gasteiger partial charge is 0.322 e. The molecule has 0 spiro atoms. The molecule has 0 saturated carbocycles. The van der Waals surface area contributed by atoms with E-state index in [9.17, 15) is 0 Å². The van der Waals surface area contributed by atoms with Crippen molar-refractivity contribution < 1.29 is 0 Å². The molecular weight excluding hydrogens is 542 g/mol. The molecular formula is C44H83N. The highest BCUT2D eigenvalue weighted by molar-refractivity contribution is 5.33. The molecule has 0 aromatic heterocycles. The average Bonchev–Trinajstić information content (AvgIpc) is 3.04. The molecule has 264 valence electrons. The standard InChI is InChI=1S/C44H83N/c1-4-6-8-10-12-14-16-18-20-22-24-26-28-30-32-34-38-42-39-35-36-40-43(42)44(3,45)41-37-33-31-29-27-25-23-21-19-17-15-13-11-9-7-5-2/h35-36,39-40H,4-34,37-38,41,45H2,1-3H3. The smallest absolute Gasteiger partial charge is 0.0383 e. The molecule has 1 rings (SSSR count). The first-order valence-electron chi connectivity index (χ1n) is 21.0. The van der Waals surface area contributed by atoms with E-state index >= 15 is 0 Å². The SMILES string of the molecule is CCCCCCCCCCCCCCCCCCc1ccccc1C(C)(N)CCCCCCCCCCCCCCCCCC. The summed E-state index contributed by atoms with van der Waals surface area (Å²) in [5.41, 5.74) is 9.68. The Morgan fingerprint density at radius 3 is 1.04 bits per heavy atom. The summed E-state index contributed by atoms with van der Waals surface area (Å²) in [4.78, 5) is 0. The van der Waals surface area contributed by atoms with Crippen LogP contribution in [0.2, 0.25) is 0 Å². The average molecular weight is 626 g/mol. The molecule has 0 fully saturated rings. The van der Waals surface area contributed by atoms with E-state index in [1.165, 1.54) is 223 Å². The number of benzene rings is 1. The molecule has 0 amide bonds. The molecule has 0 aliphatic rings. The lowest BCUT2D eigenvalue weighted by Crippen LogP contribution is -2.34. The fourth-order valence-corrected chi connectivity index (χ4v) is 7.33. The first-order chi connectivity index (χ1) is 22.1. The van der Waals surface area contributed by atoms with E-state index in [-0.39, 0.29) is 5.54 Å². The zero-order valence-electron chi connectivity index (χ0n) is 31.4. The van der Waals surface area contributed by atoms with Gasteiger partial charge in [0, 0.05) is 5.54 Å². The number of unbranched alkanes of at least 4 members (excludes halogenated alkanes) is 30. The number of hydrogen-bond donors (Lipinski definition) is 1. The lowest BCUT2D eigenvalue weighted by atomic mass is 9.83. The van der Waals surface area contributed by atoms with Crippen molar-refractivity contribution in [2.24, 2.45) is 5.73 Å². The van der Waals surface area contributed by atoms with E-state index in [0.29, 0.717) is 0 Å². The van der Waals surface area contributed by atoms with Gasteiger partial charge >= 0.3 is 0 Å². The summed E-state index contributed by atoms with van der Waals surface area (Å²) in [6.45, 7) is 6.89. The Kier molecular flexibility index (Phi) is 29.8. The maximum absolute atomic E-state index is 6.96. The van der Waals surface area contributed by atoms with E-state index in [0.717, 1.165) is 6.42 Å². The molecule has 0 aliphatic carbocycles. The van der Waals surface area contributed by atoms with Crippen molar-refractivity contribution in [2.45, 2.75) is 245 Å². The molecule has 2 N–H and O–H groups in total. The summed E-state index contributed by atoms with van der Waals surface area (Å²) < 4.78 is 0. The van der Waals surface area contributed by atoms with Gasteiger partial charge in [0.1, 0.15) is 0 Å². The normalized spacial score (nSPS) is 13.0. The van der Waals surface area contributed by atoms with E-state index in [2.05, 4.69) is 45.0 Å². The van der Waals surface area contributed by atoms with Crippen molar-refractivity contribution >= 4 is 0 Å². The van der Waals surface area contributed by atoms with Crippen LogP contribution in [0.15, 0.2) is 24.3 Å². The Labute approximate surface area is 285 Å². The second-order valence-corrected chi connectivity index (χ2v) is 15.2. The van der Waals surface area contributed by atoms with Crippen molar-refractivity contribution in [3.05, 3.63) is 35.4 Å². The molecule has 0 aliphatic heterocycles. The first-order valence-corrected chi connectivity index (χ1v) is 21.0. The predicted molar refractivity (Wildman–Crippen MR) is 205 cm³/mol. The highest BCUT2D eigenvalue weighted by Crippen LogP contribution is 2.29. The molecule has 1 aromatic rings. The zero-order chi connectivity index (χ0) is 32.5. The maximum Gasteiger partial charge on any atom is 0.0383 e. The van der Waals surface area contributed by atoms with Crippen molar-refractivity contribution in [3.8, 4) is 0 Å². The molecule has 0 radical (unpaired) electrons. The first kappa shape index (κ1) is 42.2. The third kappa shape index (κ3) is 25.9. The Morgan fingerprint density at radius 2 is 0.689 bits per heavy atom. The number of nitrogens with two attached hydrogens (primary N) is 1. The van der Waals surface area contributed by atoms with Gasteiger partial charge in [0.25, 0.3) is 0 Å². The fraction of sp³-hybridized carbons (Fsp3) is 0.864. The molecule has 0 bridgehead atoms. The van der Waals surface area contributed by atoms with Gasteiger partial charge in [-0.1, -0.05) is 237 Å². The minimum atomic E-state index is -0.193. The second kappa shape index (κ2) is 31.8. The van der Waals surface area contributed by atoms with Crippen molar-refractivity contribution in [1.82, 2.24) is 0 Å². The highest BCUT2D eigenvalue weighted by Gasteiger charge is 2.23. The molecule has 1 aromatic carbocycles. The summed E-state index contributed by atoms with van der Waals surface area (Å²) in [6, 6.07) is 9.08. The van der Waals surface area contributed by atoms with Gasteiger partial charge in [0.05, 0.1) is 0 Å². The van der Waals surface area contributed by atoms with Crippen LogP contribution in [0.1, 0.15) is 244 Å². The molecule has 0 heterocycles. The minimum absolute atomic E-state index is 0.193. The van der Waals surface area contributed by atoms with Crippen LogP contribution in [0.4, 0.5) is 0 Å². The summed E-state index contributed by atoms with van der Waals surface area (Å²) in [7, 11) is 0. The predicted octanol–water partition coefficient (Wildman–Crippen LogP) is 15.3. The Hall–Kier alpha value is -0.820. The van der Waals surface area contributed by atoms with Gasteiger partial charge in [0.15, 0.2) is 0 Å². The van der Waals surface area contributed by atoms with Gasteiger partial charge in [-0.05, 0) is 37.3 Å². The van der Waals surface area contributed by atoms with E-state index in [4.69, 9.17) is 5.73 Å². The summed E-state index contributed by atoms with van der Waals surface area (Å²) >= 11 is 0. The Morgan fingerprint density at radius 1 is 0.400 bits per heavy atom. The maximum atomic E-state index is 6.96. The van der Waals surface area contributed by atoms with Gasteiger partial charge in [-0.3, -0.25) is 0 Å². The second-order valence-electron chi connectivity index (χ2n) is 15.2. The molecule has 1 heteroatoms. The monoisotopic (exact) mass is 626 g/mol. The van der Waals surface area contributed by atoms with Crippen LogP contribution in [0, 0.1) is 0 Å². The quantitative estimate of drug-likeness (QED) is 0.0746. The molecule has 1 atom stereocenters. The van der Waals surface area contributed by atoms with Crippen LogP contribution >= 0.6 is 0 Å². The van der Waals surface area contributed by atoms with Crippen LogP contribution in [0.5, 0.6) is 0 Å². The number of hydrogen-bond acceptors (Lipinski definition) is 1. The van der Waals surface area contributed by atoms with E-state index < -0.39 is 0 Å². The highest BCUT2D eigenvalue weighted by atomic mass is 14.7. The number of rotatable bonds is 35. The summed E-state index contributed by atoms with van der Waals surface area (Å²) in [5.74, 6) is 0. The third-order valence-electron chi connectivity index (χ3n) is 10.5. The summed E-state index contributed by atoms with van der Waals surface area (Å²) in [6.07, 6.45) is 47.9. The lowest BCUT2D eigenvalue weighted by molar-refractivity contribution is 0.416. The molecule has 1 nitrogen and oxygen atoms in total. The van der Waals surface area contributed by atoms with Crippen LogP contribution in [0.3, 0.4) is 0 Å². The van der Waals surface area contributed by atoms with Gasteiger partial charge in [-0.2, -0.15) is 0 Å². The lowest BCUT2D eigenvalue weighted by Gasteiger charge is -2.28. The van der Waals surface area contributed by atoms with Crippen LogP contribution in [0.25, 0.3) is 0 Å². The number of aryl methyl sites for hydroxylation is 1. The van der Waals surface area contributed by atoms with Crippen LogP contribution < -0.4 is 5.73 Å². The van der Waals surface area contributed by atoms with Crippen molar-refractivity contribution in [2.75, 3.05) is 0 Å². The van der Waals surface area contributed by atoms with E-state index in [1.54, 1.807) is 0 Å². The van der Waals surface area contributed by atoms with Gasteiger partial charge in [0.2, 0.25) is 0 Å². The fourth-order valence-electron chi connectivity index (χ4n) is 7.33. The van der Waals surface area contributed by atoms with Crippen molar-refractivity contribution in [1.29, 1.82) is 0 Å². The van der Waals surface area contributed by atoms with Gasteiger partial charge in [-0.15, -0.1) is 0 Å². The molecule has 0 saturated heterocycles. The molecule has 45 heavy (non-hydrogen) atoms. The zero-order valence-corrected chi connectivity index (χ0v) is 31.4. The Bertz CT molecular complexity index is 721. The van der Waals surface area contributed by atoms with Gasteiger partial charge in [-0.25, -0.2) is 0 Å². The van der Waals surface area contributed by atoms with E-state index in [1.807, 2.05) is 0 Å². The molecule has 1 unspecified atom stereocenters. The van der Waals surface area contributed by atoms with Crippen LogP contribution in [-0.2, 0) is 12.0 Å². The third-order valence-corrected chi connectivity index (χ3v) is 10.5. The van der Waals surface area contributed by atoms with Crippen molar-refractivity contribution in [3.63, 3.8) is 0 Å². The topological polar surface area (TPSA) is 26.0 Å². The van der Waals surface area contributed by atoms with Gasteiger partial charge < -0.3 is 5.73 Å². The minimum Gasteiger partial charge on any atom is -0.322 e. The van der Waals surface area contributed by atoms with Crippen LogP contribution in [-0.4, -0.2) is 0 Å². The summed E-state index contributed by atoms with van der Waals surface area (Å²) in [5, 5.41) is 0.